The first-order valence-corrected chi connectivity index (χ1v) is 8.23. The quantitative estimate of drug-likeness (QED) is 0.884. The number of aromatic nitrogens is 2. The van der Waals surface area contributed by atoms with Crippen LogP contribution in [0.1, 0.15) is 31.2 Å². The molecule has 0 bridgehead atoms. The number of benzene rings is 1. The molecule has 0 aliphatic heterocycles. The summed E-state index contributed by atoms with van der Waals surface area (Å²) in [7, 11) is 0. The van der Waals surface area contributed by atoms with Crippen molar-refractivity contribution >= 4 is 17.6 Å². The number of rotatable bonds is 5. The standard InChI is InChI=1S/C18H21N3O3/c22-17(15-8-4-5-9-16(15)18(23)24)20-14-10-19-21(12-14)11-13-6-2-1-3-7-13/h1-3,6-7,10,12,15-16H,4-5,8-9,11H2,(H,20,22)(H,23,24)/t15-,16-/m0/s1. The van der Waals surface area contributed by atoms with E-state index in [9.17, 15) is 14.7 Å². The maximum Gasteiger partial charge on any atom is 0.307 e. The average molecular weight is 327 g/mol. The predicted molar refractivity (Wildman–Crippen MR) is 89.5 cm³/mol. The van der Waals surface area contributed by atoms with Gasteiger partial charge in [-0.1, -0.05) is 43.2 Å². The minimum Gasteiger partial charge on any atom is -0.481 e. The zero-order valence-electron chi connectivity index (χ0n) is 13.4. The number of amides is 1. The van der Waals surface area contributed by atoms with E-state index < -0.39 is 17.8 Å². The molecule has 2 N–H and O–H groups in total. The second-order valence-electron chi connectivity index (χ2n) is 6.24. The third kappa shape index (κ3) is 3.82. The number of hydrogen-bond donors (Lipinski definition) is 2. The lowest BCUT2D eigenvalue weighted by Crippen LogP contribution is -2.35. The van der Waals surface area contributed by atoms with E-state index in [4.69, 9.17) is 0 Å². The molecule has 0 saturated heterocycles. The first-order chi connectivity index (χ1) is 11.6. The first kappa shape index (κ1) is 16.2. The van der Waals surface area contributed by atoms with Gasteiger partial charge >= 0.3 is 5.97 Å². The molecule has 6 heteroatoms. The van der Waals surface area contributed by atoms with Crippen LogP contribution in [0.15, 0.2) is 42.7 Å². The molecule has 6 nitrogen and oxygen atoms in total. The Hall–Kier alpha value is -2.63. The molecular formula is C18H21N3O3. The summed E-state index contributed by atoms with van der Waals surface area (Å²) in [6.07, 6.45) is 6.33. The third-order valence-electron chi connectivity index (χ3n) is 4.51. The fourth-order valence-corrected chi connectivity index (χ4v) is 3.26. The summed E-state index contributed by atoms with van der Waals surface area (Å²) in [5.41, 5.74) is 1.72. The molecule has 2 atom stereocenters. The maximum atomic E-state index is 12.4. The van der Waals surface area contributed by atoms with Crippen LogP contribution in [-0.2, 0) is 16.1 Å². The highest BCUT2D eigenvalue weighted by atomic mass is 16.4. The van der Waals surface area contributed by atoms with Crippen molar-refractivity contribution in [2.24, 2.45) is 11.8 Å². The van der Waals surface area contributed by atoms with Crippen molar-refractivity contribution in [1.82, 2.24) is 9.78 Å². The van der Waals surface area contributed by atoms with Gasteiger partial charge in [0.15, 0.2) is 0 Å². The molecule has 1 fully saturated rings. The molecule has 1 aromatic heterocycles. The molecule has 0 spiro atoms. The van der Waals surface area contributed by atoms with E-state index in [1.54, 1.807) is 17.1 Å². The zero-order valence-corrected chi connectivity index (χ0v) is 13.4. The number of nitrogens with zero attached hydrogens (tertiary/aromatic N) is 2. The van der Waals surface area contributed by atoms with Gasteiger partial charge < -0.3 is 10.4 Å². The molecule has 1 saturated carbocycles. The van der Waals surface area contributed by atoms with Crippen molar-refractivity contribution in [2.45, 2.75) is 32.2 Å². The maximum absolute atomic E-state index is 12.4. The summed E-state index contributed by atoms with van der Waals surface area (Å²) in [6.45, 7) is 0.623. The molecule has 1 aliphatic rings. The Kier molecular flexibility index (Phi) is 4.93. The fourth-order valence-electron chi connectivity index (χ4n) is 3.26. The normalized spacial score (nSPS) is 20.5. The molecule has 24 heavy (non-hydrogen) atoms. The van der Waals surface area contributed by atoms with Crippen molar-refractivity contribution in [1.29, 1.82) is 0 Å². The molecule has 0 radical (unpaired) electrons. The molecule has 0 unspecified atom stereocenters. The number of carboxylic acids is 1. The van der Waals surface area contributed by atoms with Gasteiger partial charge in [0.2, 0.25) is 5.91 Å². The van der Waals surface area contributed by atoms with Crippen LogP contribution in [0, 0.1) is 11.8 Å². The number of nitrogens with one attached hydrogen (secondary N) is 1. The Balaban J connectivity index is 1.63. The van der Waals surface area contributed by atoms with Crippen molar-refractivity contribution in [3.05, 3.63) is 48.3 Å². The van der Waals surface area contributed by atoms with Crippen molar-refractivity contribution < 1.29 is 14.7 Å². The molecule has 1 amide bonds. The largest absolute Gasteiger partial charge is 0.481 e. The van der Waals surface area contributed by atoms with E-state index in [2.05, 4.69) is 10.4 Å². The van der Waals surface area contributed by atoms with Gasteiger partial charge in [0.05, 0.1) is 30.3 Å². The summed E-state index contributed by atoms with van der Waals surface area (Å²) < 4.78 is 1.75. The topological polar surface area (TPSA) is 84.2 Å². The molecule has 1 heterocycles. The van der Waals surface area contributed by atoms with Gasteiger partial charge in [0.1, 0.15) is 0 Å². The monoisotopic (exact) mass is 327 g/mol. The van der Waals surface area contributed by atoms with Crippen LogP contribution in [0.5, 0.6) is 0 Å². The summed E-state index contributed by atoms with van der Waals surface area (Å²) in [6, 6.07) is 9.92. The number of carboxylic acid groups (broad SMARTS) is 1. The third-order valence-corrected chi connectivity index (χ3v) is 4.51. The minimum absolute atomic E-state index is 0.221. The van der Waals surface area contributed by atoms with Gasteiger partial charge in [-0.2, -0.15) is 5.10 Å². The van der Waals surface area contributed by atoms with Crippen LogP contribution < -0.4 is 5.32 Å². The van der Waals surface area contributed by atoms with Crippen LogP contribution in [0.3, 0.4) is 0 Å². The number of carbonyl (C=O) groups is 2. The molecule has 3 rings (SSSR count). The second kappa shape index (κ2) is 7.29. The number of anilines is 1. The lowest BCUT2D eigenvalue weighted by Gasteiger charge is -2.27. The fraction of sp³-hybridized carbons (Fsp3) is 0.389. The van der Waals surface area contributed by atoms with E-state index in [1.807, 2.05) is 30.3 Å². The molecule has 126 valence electrons. The van der Waals surface area contributed by atoms with Gasteiger partial charge in [-0.15, -0.1) is 0 Å². The van der Waals surface area contributed by atoms with Crippen LogP contribution >= 0.6 is 0 Å². The Morgan fingerprint density at radius 3 is 2.58 bits per heavy atom. The first-order valence-electron chi connectivity index (χ1n) is 8.23. The lowest BCUT2D eigenvalue weighted by molar-refractivity contribution is -0.147. The van der Waals surface area contributed by atoms with Gasteiger partial charge in [0, 0.05) is 6.20 Å². The van der Waals surface area contributed by atoms with Crippen LogP contribution in [-0.4, -0.2) is 26.8 Å². The number of carbonyl (C=O) groups excluding carboxylic acids is 1. The van der Waals surface area contributed by atoms with E-state index in [1.165, 1.54) is 0 Å². The van der Waals surface area contributed by atoms with Crippen molar-refractivity contribution in [3.8, 4) is 0 Å². The van der Waals surface area contributed by atoms with E-state index in [0.717, 1.165) is 18.4 Å². The average Bonchev–Trinajstić information content (AvgIpc) is 3.02. The van der Waals surface area contributed by atoms with Crippen LogP contribution in [0.25, 0.3) is 0 Å². The molecule has 2 aromatic rings. The highest BCUT2D eigenvalue weighted by molar-refractivity contribution is 5.95. The van der Waals surface area contributed by atoms with Crippen LogP contribution in [0.2, 0.25) is 0 Å². The van der Waals surface area contributed by atoms with Gasteiger partial charge in [0.25, 0.3) is 0 Å². The molecular weight excluding hydrogens is 306 g/mol. The Bertz CT molecular complexity index is 711. The smallest absolute Gasteiger partial charge is 0.307 e. The van der Waals surface area contributed by atoms with E-state index in [0.29, 0.717) is 25.1 Å². The summed E-state index contributed by atoms with van der Waals surface area (Å²) >= 11 is 0. The molecule has 1 aromatic carbocycles. The zero-order chi connectivity index (χ0) is 16.9. The molecule has 1 aliphatic carbocycles. The van der Waals surface area contributed by atoms with E-state index in [-0.39, 0.29) is 5.91 Å². The number of hydrogen-bond acceptors (Lipinski definition) is 3. The lowest BCUT2D eigenvalue weighted by atomic mass is 9.78. The van der Waals surface area contributed by atoms with E-state index >= 15 is 0 Å². The van der Waals surface area contributed by atoms with Crippen molar-refractivity contribution in [2.75, 3.05) is 5.32 Å². The van der Waals surface area contributed by atoms with Gasteiger partial charge in [-0.3, -0.25) is 14.3 Å². The van der Waals surface area contributed by atoms with Gasteiger partial charge in [-0.05, 0) is 18.4 Å². The van der Waals surface area contributed by atoms with Crippen molar-refractivity contribution in [3.63, 3.8) is 0 Å². The van der Waals surface area contributed by atoms with Crippen LogP contribution in [0.4, 0.5) is 5.69 Å². The van der Waals surface area contributed by atoms with Gasteiger partial charge in [-0.25, -0.2) is 0 Å². The summed E-state index contributed by atoms with van der Waals surface area (Å²) in [5, 5.41) is 16.4. The second-order valence-corrected chi connectivity index (χ2v) is 6.24. The Labute approximate surface area is 140 Å². The highest BCUT2D eigenvalue weighted by Crippen LogP contribution is 2.31. The Morgan fingerprint density at radius 2 is 1.88 bits per heavy atom. The predicted octanol–water partition coefficient (Wildman–Crippen LogP) is 2.76. The SMILES string of the molecule is O=C(O)[C@H]1CCCC[C@@H]1C(=O)Nc1cnn(Cc2ccccc2)c1. The highest BCUT2D eigenvalue weighted by Gasteiger charge is 2.35. The summed E-state index contributed by atoms with van der Waals surface area (Å²) in [5.74, 6) is -2.15. The minimum atomic E-state index is -0.880. The summed E-state index contributed by atoms with van der Waals surface area (Å²) in [4.78, 5) is 23.8. The Morgan fingerprint density at radius 1 is 1.17 bits per heavy atom. The number of aliphatic carboxylic acids is 1.